The highest BCUT2D eigenvalue weighted by molar-refractivity contribution is 7.92. The largest absolute Gasteiger partial charge is 0.362 e. The molecule has 0 amide bonds. The molecule has 2 aromatic heterocycles. The van der Waals surface area contributed by atoms with Gasteiger partial charge < -0.3 is 10.2 Å². The molecule has 12 heteroatoms. The van der Waals surface area contributed by atoms with Crippen molar-refractivity contribution in [3.8, 4) is 0 Å². The van der Waals surface area contributed by atoms with Crippen LogP contribution in [0.25, 0.3) is 0 Å². The first-order valence-electron chi connectivity index (χ1n) is 23.0. The third kappa shape index (κ3) is 9.05. The van der Waals surface area contributed by atoms with Gasteiger partial charge in [0.1, 0.15) is 21.4 Å². The average Bonchev–Trinajstić information content (AvgIpc) is 3.97. The molecule has 9 rings (SSSR count). The second-order valence-corrected chi connectivity index (χ2v) is 25.4. The lowest BCUT2D eigenvalue weighted by atomic mass is 9.87. The molecule has 1 N–H and O–H groups in total. The molecule has 358 valence electrons. The van der Waals surface area contributed by atoms with Crippen LogP contribution in [-0.2, 0) is 46.8 Å². The van der Waals surface area contributed by atoms with Gasteiger partial charge in [0.15, 0.2) is 19.7 Å². The molecule has 7 aromatic rings. The maximum Gasteiger partial charge on any atom is 0.192 e. The molecule has 2 aliphatic heterocycles. The van der Waals surface area contributed by atoms with Crippen LogP contribution in [-0.4, -0.2) is 36.4 Å². The fourth-order valence-corrected chi connectivity index (χ4v) is 12.8. The molecule has 0 saturated carbocycles. The number of anilines is 2. The summed E-state index contributed by atoms with van der Waals surface area (Å²) in [5.74, 6) is 1.23. The third-order valence-corrected chi connectivity index (χ3v) is 18.9. The number of rotatable bonds is 10. The van der Waals surface area contributed by atoms with E-state index in [0.717, 1.165) is 46.2 Å². The molecule has 2 aliphatic rings. The minimum atomic E-state index is -3.81. The molecule has 0 saturated heterocycles. The quantitative estimate of drug-likeness (QED) is 0.144. The van der Waals surface area contributed by atoms with E-state index >= 15 is 0 Å². The fraction of sp³-hybridized carbons (Fsp3) is 0.357. The zero-order valence-electron chi connectivity index (χ0n) is 40.4. The van der Waals surface area contributed by atoms with Crippen LogP contribution >= 0.6 is 0 Å². The van der Waals surface area contributed by atoms with Gasteiger partial charge in [-0.1, -0.05) is 158 Å². The van der Waals surface area contributed by atoms with E-state index in [4.69, 9.17) is 5.10 Å². The smallest absolute Gasteiger partial charge is 0.192 e. The first kappa shape index (κ1) is 49.9. The van der Waals surface area contributed by atoms with Gasteiger partial charge in [0.05, 0.1) is 45.0 Å². The van der Waals surface area contributed by atoms with Crippen LogP contribution in [0.5, 0.6) is 0 Å². The van der Waals surface area contributed by atoms with Crippen molar-refractivity contribution in [2.24, 2.45) is 0 Å². The van der Waals surface area contributed by atoms with Crippen molar-refractivity contribution in [2.75, 3.05) is 10.2 Å². The Morgan fingerprint density at radius 3 is 1.51 bits per heavy atom. The third-order valence-electron chi connectivity index (χ3n) is 13.9. The minimum absolute atomic E-state index is 0. The van der Waals surface area contributed by atoms with Gasteiger partial charge in [-0.25, -0.2) is 26.2 Å². The first-order chi connectivity index (χ1) is 31.6. The second-order valence-electron chi connectivity index (χ2n) is 20.5. The van der Waals surface area contributed by atoms with Crippen LogP contribution in [0.15, 0.2) is 162 Å². The maximum absolute atomic E-state index is 14.4. The van der Waals surface area contributed by atoms with E-state index in [-0.39, 0.29) is 40.4 Å². The Balaban J connectivity index is 0.000000203. The summed E-state index contributed by atoms with van der Waals surface area (Å²) in [6.07, 6.45) is 4.68. The van der Waals surface area contributed by atoms with Crippen molar-refractivity contribution in [3.05, 3.63) is 191 Å². The molecule has 68 heavy (non-hydrogen) atoms. The summed E-state index contributed by atoms with van der Waals surface area (Å²) in [4.78, 5) is 2.77. The van der Waals surface area contributed by atoms with Crippen molar-refractivity contribution in [3.63, 3.8) is 0 Å². The Morgan fingerprint density at radius 1 is 0.574 bits per heavy atom. The number of fused-ring (bicyclic) bond motifs is 2. The molecule has 2 unspecified atom stereocenters. The van der Waals surface area contributed by atoms with Crippen LogP contribution in [0.2, 0.25) is 0 Å². The monoisotopic (exact) mass is 952 g/mol. The van der Waals surface area contributed by atoms with Gasteiger partial charge in [0.25, 0.3) is 0 Å². The van der Waals surface area contributed by atoms with E-state index in [9.17, 15) is 16.8 Å². The van der Waals surface area contributed by atoms with Crippen molar-refractivity contribution < 1.29 is 16.8 Å². The van der Waals surface area contributed by atoms with Crippen LogP contribution in [0.3, 0.4) is 0 Å². The van der Waals surface area contributed by atoms with E-state index in [1.54, 1.807) is 33.9 Å². The normalized spacial score (nSPS) is 17.6. The highest BCUT2D eigenvalue weighted by Gasteiger charge is 2.47. The molecule has 10 nitrogen and oxygen atoms in total. The molecule has 0 radical (unpaired) electrons. The molecule has 5 aromatic carbocycles. The number of nitrogens with zero attached hydrogens (tertiary/aromatic N) is 5. The van der Waals surface area contributed by atoms with Crippen molar-refractivity contribution in [1.82, 2.24) is 19.6 Å². The van der Waals surface area contributed by atoms with Gasteiger partial charge in [-0.3, -0.25) is 0 Å². The maximum atomic E-state index is 14.4. The lowest BCUT2D eigenvalue weighted by Gasteiger charge is -2.46. The fourth-order valence-electron chi connectivity index (χ4n) is 9.56. The predicted octanol–water partition coefficient (Wildman–Crippen LogP) is 12.6. The standard InChI is InChI=1S/C31H35N3O2S.C24H29N3O2S.CH4/c1-23-16-18-26(19-17-23)31(4,5)37(35,36)28-21-32-34-29(28)33(22-24-12-8-6-9-13-24)27(20-30(34,2)3)25-14-10-7-11-15-25;1-17-11-13-19(14-12-17)24(4,5)30(28,29)21-16-25-27-22(21)26-20(15-23(27,2)3)18-9-7-6-8-10-18;/h6-19,21,27H,20,22H2,1-5H3;6-14,16,20,26H,15H2,1-5H3;1H4. The van der Waals surface area contributed by atoms with Crippen molar-refractivity contribution >= 4 is 31.3 Å². The summed E-state index contributed by atoms with van der Waals surface area (Å²) in [5, 5.41) is 12.7. The summed E-state index contributed by atoms with van der Waals surface area (Å²) >= 11 is 0. The van der Waals surface area contributed by atoms with Crippen LogP contribution in [0.4, 0.5) is 11.6 Å². The SMILES string of the molecule is C.Cc1ccc(C(C)(C)S(=O)(=O)c2cnn3c2N(Cc2ccccc2)C(c2ccccc2)CC3(C)C)cc1.Cc1ccc(C(C)(C)S(=O)(=O)c2cnn3c2NC(c2ccccc2)CC3(C)C)cc1. The van der Waals surface area contributed by atoms with Crippen LogP contribution in [0, 0.1) is 13.8 Å². The Bertz CT molecular complexity index is 3070. The number of aryl methyl sites for hydroxylation is 2. The number of sulfone groups is 2. The number of nitrogens with one attached hydrogen (secondary N) is 1. The molecule has 4 heterocycles. The molecule has 0 spiro atoms. The van der Waals surface area contributed by atoms with Gasteiger partial charge in [-0.05, 0) is 110 Å². The molecular weight excluding hydrogens is 885 g/mol. The number of hydrogen-bond acceptors (Lipinski definition) is 8. The number of benzene rings is 5. The van der Waals surface area contributed by atoms with Gasteiger partial charge in [-0.15, -0.1) is 0 Å². The van der Waals surface area contributed by atoms with Gasteiger partial charge in [-0.2, -0.15) is 10.2 Å². The topological polar surface area (TPSA) is 119 Å². The van der Waals surface area contributed by atoms with E-state index < -0.39 is 29.2 Å². The van der Waals surface area contributed by atoms with E-state index in [0.29, 0.717) is 18.2 Å². The number of aromatic nitrogens is 4. The minimum Gasteiger partial charge on any atom is -0.362 e. The van der Waals surface area contributed by atoms with Crippen molar-refractivity contribution in [1.29, 1.82) is 0 Å². The molecule has 0 aliphatic carbocycles. The highest BCUT2D eigenvalue weighted by atomic mass is 32.2. The zero-order valence-corrected chi connectivity index (χ0v) is 42.0. The lowest BCUT2D eigenvalue weighted by Crippen LogP contribution is -2.45. The first-order valence-corrected chi connectivity index (χ1v) is 26.0. The van der Waals surface area contributed by atoms with Crippen LogP contribution in [0.1, 0.15) is 127 Å². The van der Waals surface area contributed by atoms with Gasteiger partial charge in [0, 0.05) is 6.54 Å². The summed E-state index contributed by atoms with van der Waals surface area (Å²) in [6.45, 7) is 20.2. The summed E-state index contributed by atoms with van der Waals surface area (Å²) in [5.41, 5.74) is 6.47. The van der Waals surface area contributed by atoms with E-state index in [2.05, 4.69) is 79.4 Å². The predicted molar refractivity (Wildman–Crippen MR) is 276 cm³/mol. The zero-order chi connectivity index (χ0) is 48.2. The highest BCUT2D eigenvalue weighted by Crippen LogP contribution is 2.49. The summed E-state index contributed by atoms with van der Waals surface area (Å²) in [6, 6.07) is 46.2. The van der Waals surface area contributed by atoms with Crippen molar-refractivity contribution in [2.45, 2.75) is 138 Å². The molecule has 0 fully saturated rings. The van der Waals surface area contributed by atoms with E-state index in [1.807, 2.05) is 126 Å². The van der Waals surface area contributed by atoms with E-state index in [1.165, 1.54) is 11.8 Å². The Hall–Kier alpha value is -5.98. The Morgan fingerprint density at radius 2 is 1.00 bits per heavy atom. The summed E-state index contributed by atoms with van der Waals surface area (Å²) in [7, 11) is -7.51. The second kappa shape index (κ2) is 18.5. The van der Waals surface area contributed by atoms with Gasteiger partial charge in [0.2, 0.25) is 0 Å². The summed E-state index contributed by atoms with van der Waals surface area (Å²) < 4.78 is 58.1. The Labute approximate surface area is 405 Å². The van der Waals surface area contributed by atoms with Gasteiger partial charge >= 0.3 is 0 Å². The molecule has 0 bridgehead atoms. The average molecular weight is 953 g/mol. The lowest BCUT2D eigenvalue weighted by molar-refractivity contribution is 0.238. The Kier molecular flexibility index (Phi) is 13.6. The molecule has 2 atom stereocenters. The number of hydrogen-bond donors (Lipinski definition) is 1. The van der Waals surface area contributed by atoms with Crippen LogP contribution < -0.4 is 10.2 Å². The molecular formula is C56H68N6O4S2.